The summed E-state index contributed by atoms with van der Waals surface area (Å²) in [6.45, 7) is 0. The van der Waals surface area contributed by atoms with E-state index in [1.807, 2.05) is 34.3 Å². The summed E-state index contributed by atoms with van der Waals surface area (Å²) >= 11 is 7.43. The first-order valence-corrected chi connectivity index (χ1v) is 10.1. The fourth-order valence-electron chi connectivity index (χ4n) is 2.42. The zero-order chi connectivity index (χ0) is 17.4. The van der Waals surface area contributed by atoms with Gasteiger partial charge in [-0.1, -0.05) is 29.8 Å². The molecule has 0 bridgehead atoms. The second kappa shape index (κ2) is 6.18. The Morgan fingerprint density at radius 3 is 2.64 bits per heavy atom. The number of halogens is 1. The molecule has 0 spiro atoms. The van der Waals surface area contributed by atoms with Crippen molar-refractivity contribution in [2.75, 3.05) is 4.72 Å². The van der Waals surface area contributed by atoms with Crippen LogP contribution in [0.1, 0.15) is 0 Å². The molecule has 0 aliphatic heterocycles. The highest BCUT2D eigenvalue weighted by atomic mass is 35.5. The summed E-state index contributed by atoms with van der Waals surface area (Å²) in [4.78, 5) is 5.57. The Kier molecular flexibility index (Phi) is 3.99. The van der Waals surface area contributed by atoms with Crippen LogP contribution in [-0.4, -0.2) is 17.8 Å². The molecule has 0 amide bonds. The van der Waals surface area contributed by atoms with Gasteiger partial charge in [0.1, 0.15) is 0 Å². The number of nitrogens with zero attached hydrogens (tertiary/aromatic N) is 2. The van der Waals surface area contributed by atoms with Crippen molar-refractivity contribution in [3.63, 3.8) is 0 Å². The molecule has 4 rings (SSSR count). The third-order valence-corrected chi connectivity index (χ3v) is 6.02. The second-order valence-electron chi connectivity index (χ2n) is 5.36. The Balaban J connectivity index is 1.59. The fourth-order valence-corrected chi connectivity index (χ4v) is 4.48. The van der Waals surface area contributed by atoms with Gasteiger partial charge in [0.25, 0.3) is 10.0 Å². The molecule has 126 valence electrons. The lowest BCUT2D eigenvalue weighted by Gasteiger charge is -2.08. The Bertz CT molecular complexity index is 1120. The maximum absolute atomic E-state index is 12.4. The zero-order valence-electron chi connectivity index (χ0n) is 12.8. The van der Waals surface area contributed by atoms with Crippen molar-refractivity contribution in [1.82, 2.24) is 9.38 Å². The van der Waals surface area contributed by atoms with Crippen LogP contribution in [0.15, 0.2) is 71.2 Å². The van der Waals surface area contributed by atoms with E-state index in [-0.39, 0.29) is 4.90 Å². The first-order valence-electron chi connectivity index (χ1n) is 7.32. The molecule has 25 heavy (non-hydrogen) atoms. The van der Waals surface area contributed by atoms with E-state index in [4.69, 9.17) is 11.6 Å². The van der Waals surface area contributed by atoms with Crippen molar-refractivity contribution in [2.24, 2.45) is 0 Å². The minimum Gasteiger partial charge on any atom is -0.297 e. The number of hydrogen-bond donors (Lipinski definition) is 1. The number of aromatic nitrogens is 2. The number of anilines is 1. The van der Waals surface area contributed by atoms with Crippen LogP contribution >= 0.6 is 22.9 Å². The van der Waals surface area contributed by atoms with Gasteiger partial charge in [-0.2, -0.15) is 0 Å². The van der Waals surface area contributed by atoms with Gasteiger partial charge < -0.3 is 0 Å². The number of imidazole rings is 1. The maximum atomic E-state index is 12.4. The molecular weight excluding hydrogens is 378 g/mol. The van der Waals surface area contributed by atoms with Crippen LogP contribution in [0.3, 0.4) is 0 Å². The molecule has 2 aromatic carbocycles. The van der Waals surface area contributed by atoms with Crippen LogP contribution in [-0.2, 0) is 10.0 Å². The van der Waals surface area contributed by atoms with Gasteiger partial charge in [0, 0.05) is 34.0 Å². The highest BCUT2D eigenvalue weighted by molar-refractivity contribution is 7.92. The van der Waals surface area contributed by atoms with E-state index in [0.29, 0.717) is 10.7 Å². The van der Waals surface area contributed by atoms with Crippen LogP contribution in [0.4, 0.5) is 5.69 Å². The lowest BCUT2D eigenvalue weighted by Crippen LogP contribution is -2.12. The monoisotopic (exact) mass is 389 g/mol. The van der Waals surface area contributed by atoms with Crippen molar-refractivity contribution in [1.29, 1.82) is 0 Å². The summed E-state index contributed by atoms with van der Waals surface area (Å²) in [5, 5.41) is 2.35. The highest BCUT2D eigenvalue weighted by Crippen LogP contribution is 2.24. The molecule has 0 unspecified atom stereocenters. The number of nitrogens with one attached hydrogen (secondary N) is 1. The van der Waals surface area contributed by atoms with Crippen molar-refractivity contribution < 1.29 is 8.42 Å². The summed E-state index contributed by atoms with van der Waals surface area (Å²) in [5.41, 5.74) is 2.24. The average Bonchev–Trinajstić information content (AvgIpc) is 3.17. The number of thiazole rings is 1. The normalized spacial score (nSPS) is 11.7. The van der Waals surface area contributed by atoms with Crippen molar-refractivity contribution in [2.45, 2.75) is 4.90 Å². The average molecular weight is 390 g/mol. The summed E-state index contributed by atoms with van der Waals surface area (Å²) < 4.78 is 29.3. The first kappa shape index (κ1) is 16.1. The van der Waals surface area contributed by atoms with Gasteiger partial charge in [0.2, 0.25) is 0 Å². The highest BCUT2D eigenvalue weighted by Gasteiger charge is 2.14. The van der Waals surface area contributed by atoms with Gasteiger partial charge in [-0.3, -0.25) is 9.12 Å². The van der Waals surface area contributed by atoms with Crippen LogP contribution in [0.5, 0.6) is 0 Å². The molecule has 0 saturated heterocycles. The summed E-state index contributed by atoms with van der Waals surface area (Å²) in [6, 6.07) is 13.2. The molecule has 8 heteroatoms. The van der Waals surface area contributed by atoms with E-state index in [0.717, 1.165) is 16.2 Å². The minimum atomic E-state index is -3.68. The zero-order valence-corrected chi connectivity index (χ0v) is 15.1. The molecule has 1 N–H and O–H groups in total. The molecule has 0 saturated carbocycles. The fraction of sp³-hybridized carbons (Fsp3) is 0. The third-order valence-electron chi connectivity index (χ3n) is 3.63. The predicted molar refractivity (Wildman–Crippen MR) is 101 cm³/mol. The molecule has 2 aromatic heterocycles. The van der Waals surface area contributed by atoms with Gasteiger partial charge in [-0.25, -0.2) is 13.4 Å². The van der Waals surface area contributed by atoms with Crippen LogP contribution in [0.2, 0.25) is 5.02 Å². The summed E-state index contributed by atoms with van der Waals surface area (Å²) in [6.07, 6.45) is 3.89. The lowest BCUT2D eigenvalue weighted by atomic mass is 10.1. The molecule has 5 nitrogen and oxygen atoms in total. The molecule has 0 aliphatic rings. The van der Waals surface area contributed by atoms with Gasteiger partial charge in [0.15, 0.2) is 4.96 Å². The van der Waals surface area contributed by atoms with Gasteiger partial charge >= 0.3 is 0 Å². The van der Waals surface area contributed by atoms with Gasteiger partial charge in [0.05, 0.1) is 10.6 Å². The van der Waals surface area contributed by atoms with Gasteiger partial charge in [-0.05, 0) is 30.3 Å². The topological polar surface area (TPSA) is 63.5 Å². The second-order valence-corrected chi connectivity index (χ2v) is 8.35. The number of benzene rings is 2. The SMILES string of the molecule is O=S(=O)(Nc1ccc(-c2cn3ccsc3n2)cc1)c1cccc(Cl)c1. The molecule has 0 aliphatic carbocycles. The molecule has 0 fully saturated rings. The number of fused-ring (bicyclic) bond motifs is 1. The van der Waals surface area contributed by atoms with Crippen LogP contribution in [0, 0.1) is 0 Å². The Morgan fingerprint density at radius 1 is 1.12 bits per heavy atom. The Labute approximate surface area is 153 Å². The molecule has 4 aromatic rings. The van der Waals surface area contributed by atoms with Gasteiger partial charge in [-0.15, -0.1) is 11.3 Å². The van der Waals surface area contributed by atoms with E-state index in [9.17, 15) is 8.42 Å². The summed E-state index contributed by atoms with van der Waals surface area (Å²) in [5.74, 6) is 0. The predicted octanol–water partition coefficient (Wildman–Crippen LogP) is 4.52. The number of hydrogen-bond acceptors (Lipinski definition) is 4. The van der Waals surface area contributed by atoms with E-state index in [2.05, 4.69) is 9.71 Å². The Morgan fingerprint density at radius 2 is 1.92 bits per heavy atom. The van der Waals surface area contributed by atoms with E-state index in [1.165, 1.54) is 12.1 Å². The quantitative estimate of drug-likeness (QED) is 0.558. The summed E-state index contributed by atoms with van der Waals surface area (Å²) in [7, 11) is -3.68. The van der Waals surface area contributed by atoms with E-state index >= 15 is 0 Å². The number of rotatable bonds is 4. The molecule has 0 radical (unpaired) electrons. The first-order chi connectivity index (χ1) is 12.0. The minimum absolute atomic E-state index is 0.124. The number of sulfonamides is 1. The largest absolute Gasteiger partial charge is 0.297 e. The van der Waals surface area contributed by atoms with E-state index < -0.39 is 10.0 Å². The van der Waals surface area contributed by atoms with Crippen molar-refractivity contribution >= 4 is 43.6 Å². The van der Waals surface area contributed by atoms with Crippen LogP contribution in [0.25, 0.3) is 16.2 Å². The van der Waals surface area contributed by atoms with E-state index in [1.54, 1.807) is 35.6 Å². The van der Waals surface area contributed by atoms with Crippen molar-refractivity contribution in [3.05, 3.63) is 71.3 Å². The van der Waals surface area contributed by atoms with Crippen molar-refractivity contribution in [3.8, 4) is 11.3 Å². The van der Waals surface area contributed by atoms with Crippen LogP contribution < -0.4 is 4.72 Å². The Hall–Kier alpha value is -2.35. The lowest BCUT2D eigenvalue weighted by molar-refractivity contribution is 0.601. The standard InChI is InChI=1S/C17H12ClN3O2S2/c18-13-2-1-3-15(10-13)25(22,23)20-14-6-4-12(5-7-14)16-11-21-8-9-24-17(21)19-16/h1-11,20H. The smallest absolute Gasteiger partial charge is 0.261 e. The third kappa shape index (κ3) is 3.26. The maximum Gasteiger partial charge on any atom is 0.261 e. The molecular formula is C17H12ClN3O2S2. The molecule has 2 heterocycles. The molecule has 0 atom stereocenters.